The second-order valence-corrected chi connectivity index (χ2v) is 8.71. The van der Waals surface area contributed by atoms with Crippen LogP contribution < -0.4 is 15.2 Å². The number of nitrogen functional groups attached to an aromatic ring is 1. The van der Waals surface area contributed by atoms with Crippen molar-refractivity contribution in [2.45, 2.75) is 12.8 Å². The van der Waals surface area contributed by atoms with Gasteiger partial charge in [0, 0.05) is 24.6 Å². The van der Waals surface area contributed by atoms with E-state index in [1.165, 1.54) is 18.5 Å². The lowest BCUT2D eigenvalue weighted by Gasteiger charge is -2.29. The van der Waals surface area contributed by atoms with E-state index in [4.69, 9.17) is 20.3 Å². The molecule has 0 spiro atoms. The number of nitrogens with two attached hydrogens (primary N) is 1. The number of halogens is 1. The van der Waals surface area contributed by atoms with Crippen molar-refractivity contribution in [2.24, 2.45) is 11.0 Å². The van der Waals surface area contributed by atoms with Crippen molar-refractivity contribution in [1.29, 1.82) is 0 Å². The molecule has 1 amide bonds. The summed E-state index contributed by atoms with van der Waals surface area (Å²) in [5.41, 5.74) is 7.69. The number of hydrogen-bond donors (Lipinski definition) is 1. The molecule has 2 N–H and O–H groups in total. The second-order valence-electron chi connectivity index (χ2n) is 8.71. The van der Waals surface area contributed by atoms with Crippen LogP contribution in [0.15, 0.2) is 66.5 Å². The summed E-state index contributed by atoms with van der Waals surface area (Å²) in [6.45, 7) is 4.83. The quantitative estimate of drug-likeness (QED) is 0.406. The first-order valence-electron chi connectivity index (χ1n) is 11.8. The molecule has 3 aromatic rings. The second kappa shape index (κ2) is 10.2. The molecule has 1 aromatic heterocycles. The summed E-state index contributed by atoms with van der Waals surface area (Å²) < 4.78 is 27.6. The van der Waals surface area contributed by atoms with Gasteiger partial charge in [0.1, 0.15) is 34.8 Å². The van der Waals surface area contributed by atoms with Gasteiger partial charge in [0.25, 0.3) is 0 Å². The predicted molar refractivity (Wildman–Crippen MR) is 137 cm³/mol. The monoisotopic (exact) mass is 501 g/mol. The minimum Gasteiger partial charge on any atom is -0.497 e. The third kappa shape index (κ3) is 4.90. The topological polar surface area (TPSA) is 106 Å². The summed E-state index contributed by atoms with van der Waals surface area (Å²) in [6, 6.07) is 11.5. The fourth-order valence-electron chi connectivity index (χ4n) is 4.46. The Hall–Kier alpha value is -4.60. The zero-order valence-electron chi connectivity index (χ0n) is 20.3. The lowest BCUT2D eigenvalue weighted by atomic mass is 9.99. The molecule has 2 aliphatic rings. The van der Waals surface area contributed by atoms with Crippen molar-refractivity contribution in [1.82, 2.24) is 14.9 Å². The van der Waals surface area contributed by atoms with Crippen LogP contribution in [0.25, 0.3) is 0 Å². The van der Waals surface area contributed by atoms with Crippen LogP contribution >= 0.6 is 0 Å². The van der Waals surface area contributed by atoms with E-state index in [9.17, 15) is 4.79 Å². The van der Waals surface area contributed by atoms with Crippen molar-refractivity contribution in [3.63, 3.8) is 0 Å². The molecule has 9 nitrogen and oxygen atoms in total. The third-order valence-corrected chi connectivity index (χ3v) is 6.31. The summed E-state index contributed by atoms with van der Waals surface area (Å²) in [5.74, 6) is 1.38. The molecule has 1 unspecified atom stereocenters. The Balaban J connectivity index is 1.45. The molecule has 0 saturated carbocycles. The number of rotatable bonds is 6. The molecular formula is C27H26FN6O3+. The summed E-state index contributed by atoms with van der Waals surface area (Å²) in [4.78, 5) is 22.4. The maximum Gasteiger partial charge on any atom is 0.363 e. The van der Waals surface area contributed by atoms with Gasteiger partial charge in [0.15, 0.2) is 11.6 Å². The molecule has 1 fully saturated rings. The van der Waals surface area contributed by atoms with Crippen molar-refractivity contribution in [2.75, 3.05) is 25.9 Å². The van der Waals surface area contributed by atoms with E-state index in [0.29, 0.717) is 47.2 Å². The standard InChI is InChI=1S/C27H26FN6O3/c1-3-23(35)33-12-4-5-17(14-33)15-34-27-24(26(29)30-16-31-27)25(32-34)18-6-11-22(21(28)13-18)37-20-9-7-19(36-2)8-10-20/h3,6-11,13,15-17H,1,4-5,12,14H2,2H3,(H2,29,30,31)/q+1. The van der Waals surface area contributed by atoms with E-state index in [2.05, 4.69) is 16.5 Å². The number of amides is 1. The first-order chi connectivity index (χ1) is 18.0. The van der Waals surface area contributed by atoms with Gasteiger partial charge in [-0.3, -0.25) is 4.79 Å². The summed E-state index contributed by atoms with van der Waals surface area (Å²) in [5, 5.41) is 4.71. The van der Waals surface area contributed by atoms with Crippen molar-refractivity contribution in [3.8, 4) is 17.2 Å². The van der Waals surface area contributed by atoms with Crippen LogP contribution in [0.2, 0.25) is 0 Å². The highest BCUT2D eigenvalue weighted by molar-refractivity contribution is 6.18. The molecule has 1 atom stereocenters. The summed E-state index contributed by atoms with van der Waals surface area (Å²) in [6.07, 6.45) is 6.38. The number of hydrazone groups is 1. The van der Waals surface area contributed by atoms with Crippen LogP contribution in [0.5, 0.6) is 17.2 Å². The van der Waals surface area contributed by atoms with Gasteiger partial charge >= 0.3 is 5.82 Å². The van der Waals surface area contributed by atoms with Gasteiger partial charge in [0.05, 0.1) is 7.11 Å². The molecule has 0 aliphatic carbocycles. The molecular weight excluding hydrogens is 475 g/mol. The average molecular weight is 502 g/mol. The molecule has 37 heavy (non-hydrogen) atoms. The van der Waals surface area contributed by atoms with Crippen LogP contribution in [0, 0.1) is 11.7 Å². The zero-order chi connectivity index (χ0) is 25.9. The average Bonchev–Trinajstić information content (AvgIpc) is 3.29. The number of hydrogen-bond acceptors (Lipinski definition) is 7. The predicted octanol–water partition coefficient (Wildman–Crippen LogP) is 3.90. The fourth-order valence-corrected chi connectivity index (χ4v) is 4.46. The van der Waals surface area contributed by atoms with Gasteiger partial charge in [-0.25, -0.2) is 4.39 Å². The molecule has 2 aromatic carbocycles. The number of methoxy groups -OCH3 is 1. The van der Waals surface area contributed by atoms with Gasteiger partial charge in [-0.05, 0) is 66.4 Å². The summed E-state index contributed by atoms with van der Waals surface area (Å²) >= 11 is 0. The van der Waals surface area contributed by atoms with Crippen LogP contribution in [0.4, 0.5) is 16.0 Å². The summed E-state index contributed by atoms with van der Waals surface area (Å²) in [7, 11) is 1.57. The van der Waals surface area contributed by atoms with Crippen LogP contribution in [-0.4, -0.2) is 57.6 Å². The Bertz CT molecular complexity index is 1420. The molecule has 188 valence electrons. The Morgan fingerprint density at radius 3 is 2.73 bits per heavy atom. The molecule has 5 rings (SSSR count). The van der Waals surface area contributed by atoms with Gasteiger partial charge in [-0.2, -0.15) is 4.98 Å². The number of ether oxygens (including phenoxy) is 2. The molecule has 0 bridgehead atoms. The van der Waals surface area contributed by atoms with Crippen LogP contribution in [0.3, 0.4) is 0 Å². The van der Waals surface area contributed by atoms with E-state index in [1.54, 1.807) is 53.1 Å². The number of nitrogens with zero attached hydrogens (tertiary/aromatic N) is 5. The normalized spacial score (nSPS) is 17.8. The van der Waals surface area contributed by atoms with E-state index < -0.39 is 5.82 Å². The number of benzene rings is 2. The van der Waals surface area contributed by atoms with E-state index >= 15 is 4.39 Å². The Morgan fingerprint density at radius 2 is 2.00 bits per heavy atom. The smallest absolute Gasteiger partial charge is 0.363 e. The number of piperidine rings is 1. The number of fused-ring (bicyclic) bond motifs is 1. The molecule has 3 heterocycles. The number of likely N-dealkylation sites (tertiary alicyclic amines) is 1. The SMILES string of the molecule is C=CC(=O)N1CCCC(C=[N+]2N=C(c3ccc(Oc4ccc(OC)cc4)c(F)c3)c3c(N)ncnc32)C1. The molecule has 1 saturated heterocycles. The molecule has 10 heteroatoms. The zero-order valence-corrected chi connectivity index (χ0v) is 20.3. The first kappa shape index (κ1) is 24.1. The van der Waals surface area contributed by atoms with Gasteiger partial charge in [-0.1, -0.05) is 11.7 Å². The molecule has 2 aliphatic heterocycles. The van der Waals surface area contributed by atoms with Gasteiger partial charge in [-0.15, -0.1) is 4.68 Å². The highest BCUT2D eigenvalue weighted by atomic mass is 19.1. The van der Waals surface area contributed by atoms with E-state index in [1.807, 2.05) is 6.21 Å². The minimum absolute atomic E-state index is 0.0572. The maximum atomic E-state index is 15.1. The Morgan fingerprint density at radius 1 is 1.22 bits per heavy atom. The highest BCUT2D eigenvalue weighted by Gasteiger charge is 2.35. The highest BCUT2D eigenvalue weighted by Crippen LogP contribution is 2.33. The lowest BCUT2D eigenvalue weighted by Crippen LogP contribution is -2.40. The third-order valence-electron chi connectivity index (χ3n) is 6.31. The largest absolute Gasteiger partial charge is 0.497 e. The van der Waals surface area contributed by atoms with Gasteiger partial charge < -0.3 is 20.1 Å². The first-order valence-corrected chi connectivity index (χ1v) is 11.8. The van der Waals surface area contributed by atoms with Crippen molar-refractivity contribution < 1.29 is 23.3 Å². The molecule has 0 radical (unpaired) electrons. The number of anilines is 1. The minimum atomic E-state index is -0.554. The number of aromatic nitrogens is 2. The lowest BCUT2D eigenvalue weighted by molar-refractivity contribution is -0.442. The van der Waals surface area contributed by atoms with Crippen molar-refractivity contribution in [3.05, 3.63) is 78.4 Å². The van der Waals surface area contributed by atoms with E-state index in [-0.39, 0.29) is 23.4 Å². The van der Waals surface area contributed by atoms with E-state index in [0.717, 1.165) is 12.8 Å². The Labute approximate surface area is 213 Å². The maximum absolute atomic E-state index is 15.1. The van der Waals surface area contributed by atoms with Crippen LogP contribution in [-0.2, 0) is 4.79 Å². The fraction of sp³-hybridized carbons (Fsp3) is 0.222. The van der Waals surface area contributed by atoms with Crippen molar-refractivity contribution >= 4 is 29.5 Å². The number of carbonyl (C=O) groups is 1. The Kier molecular flexibility index (Phi) is 6.63. The van der Waals surface area contributed by atoms with Crippen LogP contribution in [0.1, 0.15) is 24.0 Å². The van der Waals surface area contributed by atoms with Gasteiger partial charge in [0.2, 0.25) is 12.2 Å². The number of carbonyl (C=O) groups excluding carboxylic acids is 1.